The maximum atomic E-state index is 12.4. The lowest BCUT2D eigenvalue weighted by Crippen LogP contribution is -2.54. The molecule has 0 radical (unpaired) electrons. The van der Waals surface area contributed by atoms with E-state index in [4.69, 9.17) is 9.47 Å². The molecule has 4 aliphatic rings. The monoisotopic (exact) mass is 586 g/mol. The van der Waals surface area contributed by atoms with Gasteiger partial charge in [-0.15, -0.1) is 0 Å². The van der Waals surface area contributed by atoms with Gasteiger partial charge in [-0.3, -0.25) is 9.59 Å². The molecule has 0 heterocycles. The zero-order chi connectivity index (χ0) is 26.8. The van der Waals surface area contributed by atoms with Crippen LogP contribution < -0.4 is 0 Å². The minimum Gasteiger partial charge on any atom is -0.462 e. The van der Waals surface area contributed by atoms with E-state index < -0.39 is 0 Å². The second-order valence-electron chi connectivity index (χ2n) is 13.3. The Kier molecular flexibility index (Phi) is 8.92. The topological polar surface area (TPSA) is 52.6 Å². The highest BCUT2D eigenvalue weighted by Gasteiger charge is 2.60. The van der Waals surface area contributed by atoms with E-state index in [9.17, 15) is 9.59 Å². The van der Waals surface area contributed by atoms with E-state index in [1.54, 1.807) is 0 Å². The molecule has 5 rings (SSSR count). The van der Waals surface area contributed by atoms with Crippen LogP contribution in [0.5, 0.6) is 0 Å². The number of fused-ring (bicyclic) bond motifs is 5. The van der Waals surface area contributed by atoms with Gasteiger partial charge < -0.3 is 9.47 Å². The molecular formula is C33H47BrO4. The summed E-state index contributed by atoms with van der Waals surface area (Å²) < 4.78 is 11.4. The molecule has 0 saturated heterocycles. The van der Waals surface area contributed by atoms with Gasteiger partial charge in [0.05, 0.1) is 6.42 Å². The molecule has 1 aromatic carbocycles. The predicted molar refractivity (Wildman–Crippen MR) is 154 cm³/mol. The first kappa shape index (κ1) is 28.2. The molecule has 0 spiro atoms. The van der Waals surface area contributed by atoms with Crippen molar-refractivity contribution >= 4 is 27.9 Å². The van der Waals surface area contributed by atoms with Gasteiger partial charge in [-0.25, -0.2) is 0 Å². The third-order valence-corrected chi connectivity index (χ3v) is 12.0. The lowest BCUT2D eigenvalue weighted by atomic mass is 9.44. The lowest BCUT2D eigenvalue weighted by Gasteiger charge is -2.61. The van der Waals surface area contributed by atoms with Crippen molar-refractivity contribution in [1.82, 2.24) is 0 Å². The quantitative estimate of drug-likeness (QED) is 0.216. The molecule has 1 aromatic rings. The number of rotatable bonds is 9. The molecule has 38 heavy (non-hydrogen) atoms. The molecular weight excluding hydrogens is 540 g/mol. The first-order valence-electron chi connectivity index (χ1n) is 15.3. The van der Waals surface area contributed by atoms with E-state index in [1.807, 2.05) is 30.3 Å². The smallest absolute Gasteiger partial charge is 0.306 e. The van der Waals surface area contributed by atoms with Crippen molar-refractivity contribution in [3.63, 3.8) is 0 Å². The van der Waals surface area contributed by atoms with E-state index in [2.05, 4.69) is 29.8 Å². The van der Waals surface area contributed by atoms with Crippen molar-refractivity contribution in [3.8, 4) is 0 Å². The number of ether oxygens (including phenoxy) is 2. The zero-order valence-electron chi connectivity index (χ0n) is 23.5. The summed E-state index contributed by atoms with van der Waals surface area (Å²) in [5.41, 5.74) is 1.89. The van der Waals surface area contributed by atoms with Crippen LogP contribution in [0.1, 0.15) is 103 Å². The Labute approximate surface area is 238 Å². The van der Waals surface area contributed by atoms with Crippen LogP contribution in [0.25, 0.3) is 0 Å². The first-order chi connectivity index (χ1) is 18.3. The number of halogens is 1. The second kappa shape index (κ2) is 12.0. The van der Waals surface area contributed by atoms with Crippen LogP contribution in [0.2, 0.25) is 0 Å². The van der Waals surface area contributed by atoms with Crippen LogP contribution in [0.3, 0.4) is 0 Å². The number of hydrogen-bond donors (Lipinski definition) is 0. The summed E-state index contributed by atoms with van der Waals surface area (Å²) in [6, 6.07) is 9.96. The summed E-state index contributed by atoms with van der Waals surface area (Å²) in [5.74, 6) is 3.85. The molecule has 8 atom stereocenters. The molecule has 0 N–H and O–H groups in total. The van der Waals surface area contributed by atoms with Gasteiger partial charge in [0.25, 0.3) is 0 Å². The van der Waals surface area contributed by atoms with Crippen LogP contribution >= 0.6 is 15.9 Å². The third-order valence-electron chi connectivity index (χ3n) is 11.6. The maximum absolute atomic E-state index is 12.4. The van der Waals surface area contributed by atoms with Crippen molar-refractivity contribution in [2.75, 3.05) is 5.33 Å². The van der Waals surface area contributed by atoms with Crippen LogP contribution in [0, 0.1) is 40.4 Å². The molecule has 0 aromatic heterocycles. The summed E-state index contributed by atoms with van der Waals surface area (Å²) in [7, 11) is 0. The summed E-state index contributed by atoms with van der Waals surface area (Å²) >= 11 is 3.36. The second-order valence-corrected chi connectivity index (χ2v) is 14.1. The number of esters is 2. The van der Waals surface area contributed by atoms with Crippen LogP contribution in [0.15, 0.2) is 30.3 Å². The van der Waals surface area contributed by atoms with Gasteiger partial charge in [-0.05, 0) is 117 Å². The van der Waals surface area contributed by atoms with Gasteiger partial charge in [0.15, 0.2) is 0 Å². The van der Waals surface area contributed by atoms with Gasteiger partial charge in [0.1, 0.15) is 12.7 Å². The van der Waals surface area contributed by atoms with E-state index in [1.165, 1.54) is 44.9 Å². The Morgan fingerprint density at radius 1 is 0.895 bits per heavy atom. The predicted octanol–water partition coefficient (Wildman–Crippen LogP) is 8.26. The average Bonchev–Trinajstić information content (AvgIpc) is 3.24. The Morgan fingerprint density at radius 2 is 1.66 bits per heavy atom. The molecule has 4 nitrogen and oxygen atoms in total. The van der Waals surface area contributed by atoms with Crippen molar-refractivity contribution in [2.24, 2.45) is 40.4 Å². The normalized spacial score (nSPS) is 38.0. The number of carbonyl (C=O) groups is 2. The maximum Gasteiger partial charge on any atom is 0.306 e. The number of benzene rings is 1. The molecule has 0 bridgehead atoms. The van der Waals surface area contributed by atoms with Gasteiger partial charge in [0.2, 0.25) is 0 Å². The number of alkyl halides is 1. The van der Waals surface area contributed by atoms with Crippen LogP contribution in [0.4, 0.5) is 0 Å². The first-order valence-corrected chi connectivity index (χ1v) is 16.4. The third kappa shape index (κ3) is 5.74. The number of hydrogen-bond acceptors (Lipinski definition) is 4. The molecule has 0 aliphatic heterocycles. The Balaban J connectivity index is 1.13. The fourth-order valence-electron chi connectivity index (χ4n) is 9.53. The summed E-state index contributed by atoms with van der Waals surface area (Å²) in [6.07, 6.45) is 14.6. The Bertz CT molecular complexity index is 965. The molecule has 4 fully saturated rings. The Hall–Kier alpha value is -1.36. The van der Waals surface area contributed by atoms with Crippen LogP contribution in [-0.4, -0.2) is 23.4 Å². The highest BCUT2D eigenvalue weighted by Crippen LogP contribution is 2.68. The SMILES string of the molecule is CC12CCC3C(CCC4CC(OC(=O)CCBr)CCC43C)C1CCC2CCCC(=O)OCc1ccccc1. The fourth-order valence-corrected chi connectivity index (χ4v) is 9.86. The summed E-state index contributed by atoms with van der Waals surface area (Å²) in [4.78, 5) is 24.5. The van der Waals surface area contributed by atoms with Gasteiger partial charge in [-0.1, -0.05) is 60.1 Å². The molecule has 4 saturated carbocycles. The molecule has 210 valence electrons. The van der Waals surface area contributed by atoms with E-state index >= 15 is 0 Å². The minimum absolute atomic E-state index is 0.0425. The fraction of sp³-hybridized carbons (Fsp3) is 0.758. The Morgan fingerprint density at radius 3 is 2.45 bits per heavy atom. The van der Waals surface area contributed by atoms with E-state index in [0.717, 1.165) is 54.9 Å². The van der Waals surface area contributed by atoms with Crippen molar-refractivity contribution in [1.29, 1.82) is 0 Å². The van der Waals surface area contributed by atoms with Crippen molar-refractivity contribution < 1.29 is 19.1 Å². The average molecular weight is 588 g/mol. The lowest BCUT2D eigenvalue weighted by molar-refractivity contribution is -0.162. The number of carbonyl (C=O) groups excluding carboxylic acids is 2. The van der Waals surface area contributed by atoms with Gasteiger partial charge >= 0.3 is 11.9 Å². The minimum atomic E-state index is -0.0583. The molecule has 8 unspecified atom stereocenters. The van der Waals surface area contributed by atoms with Crippen molar-refractivity contribution in [2.45, 2.75) is 110 Å². The zero-order valence-corrected chi connectivity index (χ0v) is 25.1. The summed E-state index contributed by atoms with van der Waals surface area (Å²) in [6.45, 7) is 5.56. The highest BCUT2D eigenvalue weighted by molar-refractivity contribution is 9.09. The van der Waals surface area contributed by atoms with E-state index in [0.29, 0.717) is 41.5 Å². The molecule has 0 amide bonds. The van der Waals surface area contributed by atoms with Gasteiger partial charge in [-0.2, -0.15) is 0 Å². The summed E-state index contributed by atoms with van der Waals surface area (Å²) in [5, 5.41) is 0.683. The molecule has 5 heteroatoms. The molecule has 4 aliphatic carbocycles. The van der Waals surface area contributed by atoms with Gasteiger partial charge in [0, 0.05) is 11.8 Å². The van der Waals surface area contributed by atoms with Crippen LogP contribution in [-0.2, 0) is 25.7 Å². The van der Waals surface area contributed by atoms with Crippen molar-refractivity contribution in [3.05, 3.63) is 35.9 Å². The highest BCUT2D eigenvalue weighted by atomic mass is 79.9. The standard InChI is InChI=1S/C33H47BrO4/c1-32-19-16-29-27(13-11-25-21-26(15-18-33(25,29)2)38-31(36)17-20-34)28(32)14-12-24(32)9-6-10-30(35)37-22-23-7-4-3-5-8-23/h3-5,7-8,24-29H,6,9-22H2,1-2H3. The van der Waals surface area contributed by atoms with E-state index in [-0.39, 0.29) is 18.0 Å². The largest absolute Gasteiger partial charge is 0.462 e.